The molecule has 110 valence electrons. The molecule has 0 aromatic heterocycles. The molecule has 1 aliphatic rings. The van der Waals surface area contributed by atoms with Crippen molar-refractivity contribution < 1.29 is 0 Å². The summed E-state index contributed by atoms with van der Waals surface area (Å²) in [6.45, 7) is 4.50. The van der Waals surface area contributed by atoms with Gasteiger partial charge in [-0.15, -0.1) is 11.8 Å². The Bertz CT molecular complexity index is 605. The second-order valence-electron chi connectivity index (χ2n) is 6.00. The third-order valence-corrected chi connectivity index (χ3v) is 5.75. The molecular formula is C19H23NS. The van der Waals surface area contributed by atoms with Crippen LogP contribution in [0.5, 0.6) is 0 Å². The SMILES string of the molecule is CNC1c2ccccc2C(C)CC1Sc1ccc(C)cc1. The molecule has 2 aromatic rings. The molecule has 2 aromatic carbocycles. The van der Waals surface area contributed by atoms with Crippen LogP contribution in [0.3, 0.4) is 0 Å². The van der Waals surface area contributed by atoms with Gasteiger partial charge in [-0.1, -0.05) is 48.9 Å². The molecule has 3 rings (SSSR count). The molecule has 0 saturated carbocycles. The maximum atomic E-state index is 3.54. The lowest BCUT2D eigenvalue weighted by Gasteiger charge is -2.36. The average molecular weight is 297 g/mol. The predicted molar refractivity (Wildman–Crippen MR) is 92.1 cm³/mol. The minimum atomic E-state index is 0.434. The fourth-order valence-corrected chi connectivity index (χ4v) is 4.75. The van der Waals surface area contributed by atoms with Crippen molar-refractivity contribution in [1.29, 1.82) is 0 Å². The highest BCUT2D eigenvalue weighted by molar-refractivity contribution is 8.00. The van der Waals surface area contributed by atoms with E-state index in [9.17, 15) is 0 Å². The Kier molecular flexibility index (Phi) is 4.37. The zero-order valence-electron chi connectivity index (χ0n) is 13.0. The molecule has 0 saturated heterocycles. The first-order chi connectivity index (χ1) is 10.2. The van der Waals surface area contributed by atoms with Crippen molar-refractivity contribution in [2.24, 2.45) is 0 Å². The summed E-state index contributed by atoms with van der Waals surface area (Å²) >= 11 is 2.01. The smallest absolute Gasteiger partial charge is 0.0444 e. The van der Waals surface area contributed by atoms with E-state index in [0.29, 0.717) is 17.2 Å². The van der Waals surface area contributed by atoms with E-state index in [1.165, 1.54) is 28.0 Å². The first kappa shape index (κ1) is 14.7. The average Bonchev–Trinajstić information content (AvgIpc) is 2.50. The van der Waals surface area contributed by atoms with Crippen LogP contribution >= 0.6 is 11.8 Å². The van der Waals surface area contributed by atoms with Gasteiger partial charge in [0.2, 0.25) is 0 Å². The maximum absolute atomic E-state index is 3.54. The second kappa shape index (κ2) is 6.25. The van der Waals surface area contributed by atoms with Gasteiger partial charge < -0.3 is 5.32 Å². The summed E-state index contributed by atoms with van der Waals surface area (Å²) in [5.41, 5.74) is 4.31. The number of benzene rings is 2. The summed E-state index contributed by atoms with van der Waals surface area (Å²) in [6.07, 6.45) is 1.22. The molecule has 3 unspecified atom stereocenters. The van der Waals surface area contributed by atoms with Gasteiger partial charge in [-0.2, -0.15) is 0 Å². The number of thioether (sulfide) groups is 1. The second-order valence-corrected chi connectivity index (χ2v) is 7.31. The molecule has 0 bridgehead atoms. The van der Waals surface area contributed by atoms with Crippen molar-refractivity contribution in [1.82, 2.24) is 5.32 Å². The Morgan fingerprint density at radius 1 is 1.00 bits per heavy atom. The zero-order chi connectivity index (χ0) is 14.8. The minimum Gasteiger partial charge on any atom is -0.312 e. The lowest BCUT2D eigenvalue weighted by molar-refractivity contribution is 0.473. The Morgan fingerprint density at radius 3 is 2.33 bits per heavy atom. The lowest BCUT2D eigenvalue weighted by Crippen LogP contribution is -2.33. The molecule has 0 heterocycles. The highest BCUT2D eigenvalue weighted by Gasteiger charge is 2.32. The molecule has 1 N–H and O–H groups in total. The zero-order valence-corrected chi connectivity index (χ0v) is 13.8. The summed E-state index contributed by atoms with van der Waals surface area (Å²) in [6, 6.07) is 18.2. The van der Waals surface area contributed by atoms with Crippen molar-refractivity contribution in [2.75, 3.05) is 7.05 Å². The van der Waals surface area contributed by atoms with Crippen LogP contribution in [-0.2, 0) is 0 Å². The number of hydrogen-bond donors (Lipinski definition) is 1. The lowest BCUT2D eigenvalue weighted by atomic mass is 9.81. The van der Waals surface area contributed by atoms with E-state index in [1.54, 1.807) is 0 Å². The van der Waals surface area contributed by atoms with Gasteiger partial charge in [-0.05, 0) is 49.6 Å². The maximum Gasteiger partial charge on any atom is 0.0444 e. The fourth-order valence-electron chi connectivity index (χ4n) is 3.30. The molecule has 2 heteroatoms. The standard InChI is InChI=1S/C19H23NS/c1-13-8-10-15(11-9-13)21-18-12-14(2)16-6-4-5-7-17(16)19(18)20-3/h4-11,14,18-20H,12H2,1-3H3. The topological polar surface area (TPSA) is 12.0 Å². The summed E-state index contributed by atoms with van der Waals surface area (Å²) in [5, 5.41) is 4.13. The molecule has 3 atom stereocenters. The molecule has 0 aliphatic heterocycles. The van der Waals surface area contributed by atoms with Crippen molar-refractivity contribution in [2.45, 2.75) is 42.4 Å². The van der Waals surface area contributed by atoms with Crippen LogP contribution in [0, 0.1) is 6.92 Å². The van der Waals surface area contributed by atoms with E-state index in [0.717, 1.165) is 0 Å². The summed E-state index contributed by atoms with van der Waals surface area (Å²) in [7, 11) is 2.08. The van der Waals surface area contributed by atoms with Crippen molar-refractivity contribution in [3.05, 3.63) is 65.2 Å². The number of aryl methyl sites for hydroxylation is 1. The van der Waals surface area contributed by atoms with Crippen LogP contribution in [0.25, 0.3) is 0 Å². The Balaban J connectivity index is 1.87. The summed E-state index contributed by atoms with van der Waals surface area (Å²) in [5.74, 6) is 0.633. The summed E-state index contributed by atoms with van der Waals surface area (Å²) < 4.78 is 0. The van der Waals surface area contributed by atoms with E-state index in [1.807, 2.05) is 11.8 Å². The van der Waals surface area contributed by atoms with Crippen LogP contribution in [0.2, 0.25) is 0 Å². The Morgan fingerprint density at radius 2 is 1.67 bits per heavy atom. The van der Waals surface area contributed by atoms with E-state index < -0.39 is 0 Å². The molecule has 0 spiro atoms. The van der Waals surface area contributed by atoms with Crippen molar-refractivity contribution in [3.8, 4) is 0 Å². The van der Waals surface area contributed by atoms with Gasteiger partial charge in [-0.25, -0.2) is 0 Å². The van der Waals surface area contributed by atoms with Gasteiger partial charge in [0.15, 0.2) is 0 Å². The first-order valence-corrected chi connectivity index (χ1v) is 8.56. The van der Waals surface area contributed by atoms with E-state index in [2.05, 4.69) is 74.7 Å². The minimum absolute atomic E-state index is 0.434. The highest BCUT2D eigenvalue weighted by Crippen LogP contribution is 2.44. The third-order valence-electron chi connectivity index (χ3n) is 4.44. The summed E-state index contributed by atoms with van der Waals surface area (Å²) in [4.78, 5) is 1.37. The number of nitrogens with one attached hydrogen (secondary N) is 1. The van der Waals surface area contributed by atoms with Gasteiger partial charge >= 0.3 is 0 Å². The van der Waals surface area contributed by atoms with Gasteiger partial charge in [0.05, 0.1) is 0 Å². The normalized spacial score (nSPS) is 24.6. The van der Waals surface area contributed by atoms with Gasteiger partial charge in [0.1, 0.15) is 0 Å². The Labute approximate surface area is 132 Å². The quantitative estimate of drug-likeness (QED) is 0.862. The molecule has 21 heavy (non-hydrogen) atoms. The number of fused-ring (bicyclic) bond motifs is 1. The van der Waals surface area contributed by atoms with Crippen LogP contribution in [0.4, 0.5) is 0 Å². The van der Waals surface area contributed by atoms with E-state index in [-0.39, 0.29) is 0 Å². The largest absolute Gasteiger partial charge is 0.312 e. The van der Waals surface area contributed by atoms with Gasteiger partial charge in [0, 0.05) is 16.2 Å². The molecule has 1 nitrogen and oxygen atoms in total. The highest BCUT2D eigenvalue weighted by atomic mass is 32.2. The van der Waals surface area contributed by atoms with Crippen LogP contribution in [-0.4, -0.2) is 12.3 Å². The Hall–Kier alpha value is -1.25. The van der Waals surface area contributed by atoms with Crippen LogP contribution < -0.4 is 5.32 Å². The monoisotopic (exact) mass is 297 g/mol. The number of hydrogen-bond acceptors (Lipinski definition) is 2. The fraction of sp³-hybridized carbons (Fsp3) is 0.368. The van der Waals surface area contributed by atoms with E-state index >= 15 is 0 Å². The van der Waals surface area contributed by atoms with E-state index in [4.69, 9.17) is 0 Å². The molecular weight excluding hydrogens is 274 g/mol. The van der Waals surface area contributed by atoms with Crippen LogP contribution in [0.1, 0.15) is 42.0 Å². The molecule has 0 fully saturated rings. The third kappa shape index (κ3) is 3.02. The van der Waals surface area contributed by atoms with Gasteiger partial charge in [-0.3, -0.25) is 0 Å². The first-order valence-electron chi connectivity index (χ1n) is 7.68. The molecule has 1 aliphatic carbocycles. The molecule has 0 amide bonds. The van der Waals surface area contributed by atoms with Crippen molar-refractivity contribution in [3.63, 3.8) is 0 Å². The number of rotatable bonds is 3. The van der Waals surface area contributed by atoms with Crippen molar-refractivity contribution >= 4 is 11.8 Å². The van der Waals surface area contributed by atoms with Gasteiger partial charge in [0.25, 0.3) is 0 Å². The predicted octanol–water partition coefficient (Wildman–Crippen LogP) is 4.92. The molecule has 0 radical (unpaired) electrons. The van der Waals surface area contributed by atoms with Crippen LogP contribution in [0.15, 0.2) is 53.4 Å².